The van der Waals surface area contributed by atoms with E-state index in [-0.39, 0.29) is 11.6 Å². The van der Waals surface area contributed by atoms with Gasteiger partial charge in [-0.25, -0.2) is 0 Å². The highest BCUT2D eigenvalue weighted by atomic mass is 16.6. The molecule has 0 unspecified atom stereocenters. The zero-order valence-corrected chi connectivity index (χ0v) is 13.9. The molecule has 6 nitrogen and oxygen atoms in total. The van der Waals surface area contributed by atoms with Gasteiger partial charge in [-0.3, -0.25) is 14.9 Å². The Labute approximate surface area is 146 Å². The number of hydrogen-bond donors (Lipinski definition) is 2. The van der Waals surface area contributed by atoms with E-state index in [4.69, 9.17) is 0 Å². The number of anilines is 1. The zero-order chi connectivity index (χ0) is 17.6. The molecule has 0 aromatic heterocycles. The minimum Gasteiger partial charge on any atom is -0.377 e. The average Bonchev–Trinajstić information content (AvgIpc) is 3.43. The number of nitrogens with one attached hydrogen (secondary N) is 2. The van der Waals surface area contributed by atoms with E-state index in [0.717, 1.165) is 25.7 Å². The molecular formula is C19H21N3O3. The Bertz CT molecular complexity index is 758. The molecule has 1 saturated carbocycles. The smallest absolute Gasteiger partial charge is 0.293 e. The summed E-state index contributed by atoms with van der Waals surface area (Å²) in [4.78, 5) is 23.0. The van der Waals surface area contributed by atoms with Gasteiger partial charge in [0.2, 0.25) is 0 Å². The molecule has 0 spiro atoms. The molecular weight excluding hydrogens is 318 g/mol. The number of carbonyl (C=O) groups is 1. The largest absolute Gasteiger partial charge is 0.377 e. The van der Waals surface area contributed by atoms with Crippen LogP contribution in [-0.2, 0) is 6.42 Å². The van der Waals surface area contributed by atoms with Gasteiger partial charge in [-0.1, -0.05) is 30.3 Å². The molecule has 0 atom stereocenters. The minimum atomic E-state index is -0.448. The van der Waals surface area contributed by atoms with E-state index < -0.39 is 4.92 Å². The maximum absolute atomic E-state index is 12.2. The van der Waals surface area contributed by atoms with Crippen LogP contribution in [0.4, 0.5) is 11.4 Å². The van der Waals surface area contributed by atoms with Gasteiger partial charge in [0.15, 0.2) is 0 Å². The molecule has 6 heteroatoms. The molecule has 1 aliphatic carbocycles. The molecule has 2 N–H and O–H groups in total. The van der Waals surface area contributed by atoms with Crippen LogP contribution in [0, 0.1) is 10.1 Å². The third kappa shape index (κ3) is 4.79. The fraction of sp³-hybridized carbons (Fsp3) is 0.316. The zero-order valence-electron chi connectivity index (χ0n) is 13.9. The van der Waals surface area contributed by atoms with Crippen LogP contribution in [0.1, 0.15) is 35.2 Å². The lowest BCUT2D eigenvalue weighted by molar-refractivity contribution is -0.384. The molecule has 1 amide bonds. The predicted molar refractivity (Wildman–Crippen MR) is 96.8 cm³/mol. The van der Waals surface area contributed by atoms with Crippen LogP contribution in [0.2, 0.25) is 0 Å². The summed E-state index contributed by atoms with van der Waals surface area (Å²) in [6, 6.07) is 15.0. The Kier molecular flexibility index (Phi) is 5.28. The van der Waals surface area contributed by atoms with E-state index in [1.165, 1.54) is 11.6 Å². The SMILES string of the molecule is O=C(NCCCc1ccccc1)c1ccc(NC2CC2)c([N+](=O)[O-])c1. The van der Waals surface area contributed by atoms with Crippen LogP contribution in [0.3, 0.4) is 0 Å². The fourth-order valence-electron chi connectivity index (χ4n) is 2.63. The van der Waals surface area contributed by atoms with Crippen molar-refractivity contribution in [2.45, 2.75) is 31.7 Å². The average molecular weight is 339 g/mol. The van der Waals surface area contributed by atoms with Gasteiger partial charge in [-0.15, -0.1) is 0 Å². The Morgan fingerprint density at radius 3 is 2.60 bits per heavy atom. The first-order valence-corrected chi connectivity index (χ1v) is 8.50. The van der Waals surface area contributed by atoms with Crippen molar-refractivity contribution < 1.29 is 9.72 Å². The molecule has 0 radical (unpaired) electrons. The van der Waals surface area contributed by atoms with Crippen molar-refractivity contribution in [3.63, 3.8) is 0 Å². The molecule has 2 aromatic carbocycles. The molecule has 1 aliphatic rings. The first-order valence-electron chi connectivity index (χ1n) is 8.50. The third-order valence-corrected chi connectivity index (χ3v) is 4.16. The monoisotopic (exact) mass is 339 g/mol. The van der Waals surface area contributed by atoms with Crippen LogP contribution >= 0.6 is 0 Å². The standard InChI is InChI=1S/C19H21N3O3/c23-19(20-12-4-7-14-5-2-1-3-6-14)15-8-11-17(21-16-9-10-16)18(13-15)22(24)25/h1-3,5-6,8,11,13,16,21H,4,7,9-10,12H2,(H,20,23). The fourth-order valence-corrected chi connectivity index (χ4v) is 2.63. The minimum absolute atomic E-state index is 0.0520. The summed E-state index contributed by atoms with van der Waals surface area (Å²) in [7, 11) is 0. The number of benzene rings is 2. The third-order valence-electron chi connectivity index (χ3n) is 4.16. The summed E-state index contributed by atoms with van der Waals surface area (Å²) in [6.45, 7) is 0.531. The van der Waals surface area contributed by atoms with E-state index in [9.17, 15) is 14.9 Å². The van der Waals surface area contributed by atoms with Gasteiger partial charge in [-0.2, -0.15) is 0 Å². The first-order chi connectivity index (χ1) is 12.1. The van der Waals surface area contributed by atoms with Gasteiger partial charge >= 0.3 is 0 Å². The highest BCUT2D eigenvalue weighted by Gasteiger charge is 2.25. The predicted octanol–water partition coefficient (Wildman–Crippen LogP) is 3.53. The molecule has 1 fully saturated rings. The Balaban J connectivity index is 1.55. The van der Waals surface area contributed by atoms with Crippen molar-refractivity contribution in [1.29, 1.82) is 0 Å². The Morgan fingerprint density at radius 2 is 1.92 bits per heavy atom. The summed E-state index contributed by atoms with van der Waals surface area (Å²) < 4.78 is 0. The molecule has 0 saturated heterocycles. The van der Waals surface area contributed by atoms with E-state index in [1.807, 2.05) is 18.2 Å². The summed E-state index contributed by atoms with van der Waals surface area (Å²) in [5.41, 5.74) is 1.97. The highest BCUT2D eigenvalue weighted by Crippen LogP contribution is 2.31. The number of carbonyl (C=O) groups excluding carboxylic acids is 1. The number of hydrogen-bond acceptors (Lipinski definition) is 4. The molecule has 0 aliphatic heterocycles. The lowest BCUT2D eigenvalue weighted by atomic mass is 10.1. The Morgan fingerprint density at radius 1 is 1.16 bits per heavy atom. The van der Waals surface area contributed by atoms with Crippen LogP contribution in [-0.4, -0.2) is 23.4 Å². The maximum Gasteiger partial charge on any atom is 0.293 e. The van der Waals surface area contributed by atoms with E-state index >= 15 is 0 Å². The Hall–Kier alpha value is -2.89. The highest BCUT2D eigenvalue weighted by molar-refractivity contribution is 5.95. The number of nitrogens with zero attached hydrogens (tertiary/aromatic N) is 1. The second kappa shape index (κ2) is 7.79. The van der Waals surface area contributed by atoms with Crippen LogP contribution in [0.5, 0.6) is 0 Å². The van der Waals surface area contributed by atoms with Crippen molar-refractivity contribution in [3.05, 3.63) is 69.8 Å². The first kappa shape index (κ1) is 17.0. The quantitative estimate of drug-likeness (QED) is 0.438. The molecule has 2 aromatic rings. The van der Waals surface area contributed by atoms with E-state index in [2.05, 4.69) is 22.8 Å². The van der Waals surface area contributed by atoms with E-state index in [1.54, 1.807) is 12.1 Å². The normalized spacial score (nSPS) is 13.3. The molecule has 25 heavy (non-hydrogen) atoms. The van der Waals surface area contributed by atoms with Crippen molar-refractivity contribution in [1.82, 2.24) is 5.32 Å². The lowest BCUT2D eigenvalue weighted by Crippen LogP contribution is -2.25. The summed E-state index contributed by atoms with van der Waals surface area (Å²) in [5, 5.41) is 17.2. The van der Waals surface area contributed by atoms with E-state index in [0.29, 0.717) is 23.8 Å². The number of nitro benzene ring substituents is 1. The van der Waals surface area contributed by atoms with Crippen molar-refractivity contribution in [3.8, 4) is 0 Å². The number of rotatable bonds is 8. The van der Waals surface area contributed by atoms with Crippen molar-refractivity contribution in [2.24, 2.45) is 0 Å². The topological polar surface area (TPSA) is 84.3 Å². The van der Waals surface area contributed by atoms with Crippen LogP contribution in [0.15, 0.2) is 48.5 Å². The maximum atomic E-state index is 12.2. The van der Waals surface area contributed by atoms with Crippen molar-refractivity contribution >= 4 is 17.3 Å². The second-order valence-electron chi connectivity index (χ2n) is 6.25. The van der Waals surface area contributed by atoms with Gasteiger partial charge < -0.3 is 10.6 Å². The molecule has 3 rings (SSSR count). The second-order valence-corrected chi connectivity index (χ2v) is 6.25. The number of nitro groups is 1. The van der Waals surface area contributed by atoms with Crippen LogP contribution in [0.25, 0.3) is 0 Å². The lowest BCUT2D eigenvalue weighted by Gasteiger charge is -2.09. The van der Waals surface area contributed by atoms with Crippen molar-refractivity contribution in [2.75, 3.05) is 11.9 Å². The van der Waals surface area contributed by atoms with Gasteiger partial charge in [0.1, 0.15) is 5.69 Å². The summed E-state index contributed by atoms with van der Waals surface area (Å²) in [6.07, 6.45) is 3.76. The summed E-state index contributed by atoms with van der Waals surface area (Å²) in [5.74, 6) is -0.283. The van der Waals surface area contributed by atoms with Gasteiger partial charge in [0.25, 0.3) is 11.6 Å². The molecule has 0 bridgehead atoms. The number of amides is 1. The van der Waals surface area contributed by atoms with Crippen LogP contribution < -0.4 is 10.6 Å². The molecule has 0 heterocycles. The van der Waals surface area contributed by atoms with Gasteiger partial charge in [-0.05, 0) is 43.4 Å². The summed E-state index contributed by atoms with van der Waals surface area (Å²) >= 11 is 0. The van der Waals surface area contributed by atoms with Gasteiger partial charge in [0.05, 0.1) is 4.92 Å². The van der Waals surface area contributed by atoms with Gasteiger partial charge in [0, 0.05) is 24.2 Å². The molecule has 130 valence electrons. The number of aryl methyl sites for hydroxylation is 1.